The van der Waals surface area contributed by atoms with Crippen LogP contribution in [-0.4, -0.2) is 35.4 Å². The number of hydrogen-bond donors (Lipinski definition) is 1. The molecule has 1 unspecified atom stereocenters. The van der Waals surface area contributed by atoms with Gasteiger partial charge in [0.25, 0.3) is 5.91 Å². The van der Waals surface area contributed by atoms with Gasteiger partial charge < -0.3 is 19.5 Å². The Morgan fingerprint density at radius 2 is 1.83 bits per heavy atom. The first-order valence-corrected chi connectivity index (χ1v) is 11.9. The van der Waals surface area contributed by atoms with E-state index in [4.69, 9.17) is 4.74 Å². The number of alkyl halides is 3. The van der Waals surface area contributed by atoms with Gasteiger partial charge in [-0.25, -0.2) is 4.39 Å². The first-order valence-electron chi connectivity index (χ1n) is 11.9. The first kappa shape index (κ1) is 25.1. The van der Waals surface area contributed by atoms with Crippen LogP contribution in [0.2, 0.25) is 0 Å². The molecule has 0 spiro atoms. The van der Waals surface area contributed by atoms with Crippen molar-refractivity contribution >= 4 is 5.91 Å². The average Bonchev–Trinajstić information content (AvgIpc) is 3.12. The molecule has 5 nitrogen and oxygen atoms in total. The second-order valence-electron chi connectivity index (χ2n) is 9.40. The summed E-state index contributed by atoms with van der Waals surface area (Å²) >= 11 is 0. The highest BCUT2D eigenvalue weighted by atomic mass is 19.4. The molecule has 1 aliphatic carbocycles. The summed E-state index contributed by atoms with van der Waals surface area (Å²) < 4.78 is 61.4. The first-order chi connectivity index (χ1) is 16.6. The molecule has 0 aromatic heterocycles. The van der Waals surface area contributed by atoms with Gasteiger partial charge in [-0.1, -0.05) is 19.1 Å². The van der Waals surface area contributed by atoms with Crippen LogP contribution in [0.25, 0.3) is 0 Å². The van der Waals surface area contributed by atoms with E-state index < -0.39 is 17.9 Å². The van der Waals surface area contributed by atoms with Crippen LogP contribution < -0.4 is 9.47 Å². The number of carbonyl (C=O) groups is 1. The van der Waals surface area contributed by atoms with E-state index in [2.05, 4.69) is 11.7 Å². The smallest absolute Gasteiger partial charge is 0.505 e. The lowest BCUT2D eigenvalue weighted by molar-refractivity contribution is -0.274. The molecule has 4 rings (SSSR count). The van der Waals surface area contributed by atoms with Gasteiger partial charge in [-0.2, -0.15) is 0 Å². The normalized spacial score (nSPS) is 21.1. The molecule has 1 amide bonds. The molecule has 2 aromatic rings. The highest BCUT2D eigenvalue weighted by Gasteiger charge is 2.35. The minimum absolute atomic E-state index is 0.0217. The summed E-state index contributed by atoms with van der Waals surface area (Å²) in [6.07, 6.45) is -0.0615. The summed E-state index contributed by atoms with van der Waals surface area (Å²) in [4.78, 5) is 14.3. The second-order valence-corrected chi connectivity index (χ2v) is 9.40. The van der Waals surface area contributed by atoms with Gasteiger partial charge in [-0.3, -0.25) is 4.79 Å². The van der Waals surface area contributed by atoms with E-state index in [1.165, 1.54) is 24.3 Å². The number of benzene rings is 2. The maximum Gasteiger partial charge on any atom is 0.573 e. The summed E-state index contributed by atoms with van der Waals surface area (Å²) in [6.45, 7) is 3.39. The van der Waals surface area contributed by atoms with Crippen LogP contribution in [0.15, 0.2) is 36.4 Å². The molecule has 1 atom stereocenters. The lowest BCUT2D eigenvalue weighted by Gasteiger charge is -2.35. The largest absolute Gasteiger partial charge is 0.573 e. The number of ether oxygens (including phenoxy) is 2. The van der Waals surface area contributed by atoms with Crippen LogP contribution >= 0.6 is 0 Å². The molecule has 1 aliphatic heterocycles. The van der Waals surface area contributed by atoms with Crippen LogP contribution in [-0.2, 0) is 6.54 Å². The fourth-order valence-electron chi connectivity index (χ4n) is 5.26. The van der Waals surface area contributed by atoms with Gasteiger partial charge in [0.15, 0.2) is 11.6 Å². The van der Waals surface area contributed by atoms with Crippen molar-refractivity contribution < 1.29 is 36.9 Å². The molecule has 0 bridgehead atoms. The summed E-state index contributed by atoms with van der Waals surface area (Å²) in [7, 11) is 0. The van der Waals surface area contributed by atoms with Crippen LogP contribution in [0.3, 0.4) is 0 Å². The molecular weight excluding hydrogens is 466 g/mol. The van der Waals surface area contributed by atoms with Crippen molar-refractivity contribution in [3.8, 4) is 17.2 Å². The molecule has 190 valence electrons. The number of phenols is 1. The maximum atomic E-state index is 14.2. The Bertz CT molecular complexity index is 1050. The van der Waals surface area contributed by atoms with Gasteiger partial charge in [0.2, 0.25) is 0 Å². The molecule has 2 aromatic carbocycles. The lowest BCUT2D eigenvalue weighted by atomic mass is 9.75. The Kier molecular flexibility index (Phi) is 7.42. The third-order valence-corrected chi connectivity index (χ3v) is 7.13. The summed E-state index contributed by atoms with van der Waals surface area (Å²) in [5.41, 5.74) is 0.582. The Hall–Kier alpha value is -2.97. The van der Waals surface area contributed by atoms with Crippen LogP contribution in [0.5, 0.6) is 17.2 Å². The molecule has 35 heavy (non-hydrogen) atoms. The number of carbonyl (C=O) groups excluding carboxylic acids is 1. The van der Waals surface area contributed by atoms with Crippen molar-refractivity contribution in [1.29, 1.82) is 0 Å². The van der Waals surface area contributed by atoms with Crippen LogP contribution in [0.1, 0.15) is 54.9 Å². The number of fused-ring (bicyclic) bond motifs is 1. The third kappa shape index (κ3) is 6.00. The van der Waals surface area contributed by atoms with Gasteiger partial charge in [0, 0.05) is 19.2 Å². The molecule has 1 saturated carbocycles. The van der Waals surface area contributed by atoms with Gasteiger partial charge in [-0.05, 0) is 73.6 Å². The van der Waals surface area contributed by atoms with Gasteiger partial charge in [-0.15, -0.1) is 13.2 Å². The number of hydrogen-bond acceptors (Lipinski definition) is 4. The zero-order valence-electron chi connectivity index (χ0n) is 19.5. The molecule has 1 heterocycles. The highest BCUT2D eigenvalue weighted by molar-refractivity contribution is 5.99. The van der Waals surface area contributed by atoms with Crippen molar-refractivity contribution in [2.75, 3.05) is 13.2 Å². The van der Waals surface area contributed by atoms with Crippen molar-refractivity contribution in [2.24, 2.45) is 17.8 Å². The standard InChI is InChI=1S/C26H29F4NO4/c1-2-17(15-34-20-4-3-5-21(12-20)35-26(28,29)30)18-8-6-16(7-9-18)13-31-14-19-10-11-22(32)24(27)23(19)25(31)33/h3-5,10-12,16-18,32H,2,6-9,13-15H2,1H3. The monoisotopic (exact) mass is 495 g/mol. The van der Waals surface area contributed by atoms with Crippen molar-refractivity contribution in [3.63, 3.8) is 0 Å². The number of rotatable bonds is 8. The van der Waals surface area contributed by atoms with E-state index in [9.17, 15) is 27.5 Å². The van der Waals surface area contributed by atoms with E-state index in [1.807, 2.05) is 0 Å². The Morgan fingerprint density at radius 3 is 2.51 bits per heavy atom. The molecule has 9 heteroatoms. The minimum atomic E-state index is -4.75. The van der Waals surface area contributed by atoms with Gasteiger partial charge in [0.05, 0.1) is 12.2 Å². The Morgan fingerprint density at radius 1 is 1.11 bits per heavy atom. The Labute approximate surface area is 201 Å². The lowest BCUT2D eigenvalue weighted by Crippen LogP contribution is -2.33. The third-order valence-electron chi connectivity index (χ3n) is 7.13. The predicted molar refractivity (Wildman–Crippen MR) is 121 cm³/mol. The van der Waals surface area contributed by atoms with E-state index in [0.29, 0.717) is 42.8 Å². The summed E-state index contributed by atoms with van der Waals surface area (Å²) in [6, 6.07) is 8.43. The number of halogens is 4. The number of phenolic OH excluding ortho intramolecular Hbond substituents is 1. The van der Waals surface area contributed by atoms with Crippen molar-refractivity contribution in [2.45, 2.75) is 51.9 Å². The topological polar surface area (TPSA) is 59.0 Å². The number of aromatic hydroxyl groups is 1. The second kappa shape index (κ2) is 10.3. The fraction of sp³-hybridized carbons (Fsp3) is 0.500. The summed E-state index contributed by atoms with van der Waals surface area (Å²) in [5, 5.41) is 9.58. The van der Waals surface area contributed by atoms with E-state index in [-0.39, 0.29) is 23.1 Å². The van der Waals surface area contributed by atoms with Crippen molar-refractivity contribution in [1.82, 2.24) is 4.90 Å². The summed E-state index contributed by atoms with van der Waals surface area (Å²) in [5.74, 6) is -0.694. The van der Waals surface area contributed by atoms with E-state index in [0.717, 1.165) is 32.1 Å². The predicted octanol–water partition coefficient (Wildman–Crippen LogP) is 6.30. The Balaban J connectivity index is 1.27. The van der Waals surface area contributed by atoms with E-state index in [1.54, 1.807) is 17.0 Å². The maximum absolute atomic E-state index is 14.2. The number of amides is 1. The fourth-order valence-corrected chi connectivity index (χ4v) is 5.26. The quantitative estimate of drug-likeness (QED) is 0.437. The molecule has 0 radical (unpaired) electrons. The van der Waals surface area contributed by atoms with Crippen LogP contribution in [0.4, 0.5) is 17.6 Å². The SMILES string of the molecule is CCC(COc1cccc(OC(F)(F)F)c1)C1CCC(CN2Cc3ccc(O)c(F)c3C2=O)CC1. The van der Waals surface area contributed by atoms with Gasteiger partial charge >= 0.3 is 6.36 Å². The molecular formula is C26H29F4NO4. The highest BCUT2D eigenvalue weighted by Crippen LogP contribution is 2.38. The zero-order chi connectivity index (χ0) is 25.2. The molecule has 2 aliphatic rings. The zero-order valence-corrected chi connectivity index (χ0v) is 19.5. The molecule has 0 saturated heterocycles. The average molecular weight is 496 g/mol. The van der Waals surface area contributed by atoms with Gasteiger partial charge in [0.1, 0.15) is 11.5 Å². The minimum Gasteiger partial charge on any atom is -0.505 e. The van der Waals surface area contributed by atoms with Crippen LogP contribution in [0, 0.1) is 23.6 Å². The number of nitrogens with zero attached hydrogens (tertiary/aromatic N) is 1. The van der Waals surface area contributed by atoms with E-state index >= 15 is 0 Å². The van der Waals surface area contributed by atoms with Crippen molar-refractivity contribution in [3.05, 3.63) is 53.3 Å². The molecule has 1 N–H and O–H groups in total. The molecule has 1 fully saturated rings.